The van der Waals surface area contributed by atoms with E-state index in [4.69, 9.17) is 0 Å². The molecule has 1 fully saturated rings. The van der Waals surface area contributed by atoms with E-state index in [2.05, 4.69) is 20.3 Å². The van der Waals surface area contributed by atoms with Crippen LogP contribution in [0, 0.1) is 0 Å². The fourth-order valence-corrected chi connectivity index (χ4v) is 3.16. The quantitative estimate of drug-likeness (QED) is 0.806. The van der Waals surface area contributed by atoms with Gasteiger partial charge in [-0.2, -0.15) is 13.2 Å². The summed E-state index contributed by atoms with van der Waals surface area (Å²) < 4.78 is 39.4. The van der Waals surface area contributed by atoms with Gasteiger partial charge in [-0.25, -0.2) is 15.0 Å². The third-order valence-electron chi connectivity index (χ3n) is 4.61. The molecule has 152 valence electrons. The Morgan fingerprint density at radius 1 is 1.32 bits per heavy atom. The van der Waals surface area contributed by atoms with Crippen LogP contribution in [0.15, 0.2) is 24.4 Å². The van der Waals surface area contributed by atoms with E-state index >= 15 is 0 Å². The summed E-state index contributed by atoms with van der Waals surface area (Å²) in [4.78, 5) is 13.7. The van der Waals surface area contributed by atoms with E-state index in [1.807, 2.05) is 11.0 Å². The molecule has 1 aliphatic rings. The number of aliphatic hydroxyl groups excluding tert-OH is 1. The number of piperidine rings is 1. The largest absolute Gasteiger partial charge is 0.451 e. The minimum absolute atomic E-state index is 0.125. The summed E-state index contributed by atoms with van der Waals surface area (Å²) in [5.41, 5.74) is 1.16. The van der Waals surface area contributed by atoms with Crippen LogP contribution in [-0.2, 0) is 12.7 Å². The molecule has 9 heteroatoms. The van der Waals surface area contributed by atoms with Crippen LogP contribution in [0.5, 0.6) is 0 Å². The van der Waals surface area contributed by atoms with Crippen molar-refractivity contribution in [3.63, 3.8) is 0 Å². The lowest BCUT2D eigenvalue weighted by Crippen LogP contribution is -2.39. The first kappa shape index (κ1) is 20.3. The molecule has 2 aromatic rings. The van der Waals surface area contributed by atoms with Crippen molar-refractivity contribution in [1.29, 1.82) is 0 Å². The van der Waals surface area contributed by atoms with Crippen LogP contribution in [0.25, 0.3) is 0 Å². The second-order valence-corrected chi connectivity index (χ2v) is 7.24. The minimum atomic E-state index is -4.61. The lowest BCUT2D eigenvalue weighted by atomic mass is 10.1. The molecule has 2 N–H and O–H groups in total. The SMILES string of the molecule is CC(C)c1cc(NCc2cccnc2N2CCC[C@H](O)C2)nc(C(F)(F)F)n1. The van der Waals surface area contributed by atoms with Gasteiger partial charge in [-0.15, -0.1) is 0 Å². The van der Waals surface area contributed by atoms with Crippen LogP contribution in [0.3, 0.4) is 0 Å². The van der Waals surface area contributed by atoms with Crippen LogP contribution in [-0.4, -0.2) is 39.3 Å². The molecule has 0 spiro atoms. The van der Waals surface area contributed by atoms with Crippen molar-refractivity contribution in [3.05, 3.63) is 41.5 Å². The fourth-order valence-electron chi connectivity index (χ4n) is 3.16. The number of hydrogen-bond acceptors (Lipinski definition) is 6. The van der Waals surface area contributed by atoms with Gasteiger partial charge in [-0.3, -0.25) is 0 Å². The Kier molecular flexibility index (Phi) is 6.02. The number of halogens is 3. The zero-order chi connectivity index (χ0) is 20.3. The molecule has 0 amide bonds. The summed E-state index contributed by atoms with van der Waals surface area (Å²) in [5, 5.41) is 12.9. The van der Waals surface area contributed by atoms with E-state index in [1.165, 1.54) is 0 Å². The summed E-state index contributed by atoms with van der Waals surface area (Å²) in [5.74, 6) is -0.456. The van der Waals surface area contributed by atoms with Crippen molar-refractivity contribution in [2.45, 2.75) is 51.4 Å². The summed E-state index contributed by atoms with van der Waals surface area (Å²) >= 11 is 0. The van der Waals surface area contributed by atoms with Crippen molar-refractivity contribution in [3.8, 4) is 0 Å². The highest BCUT2D eigenvalue weighted by Crippen LogP contribution is 2.29. The summed E-state index contributed by atoms with van der Waals surface area (Å²) in [6, 6.07) is 5.19. The molecule has 3 heterocycles. The molecular weight excluding hydrogens is 371 g/mol. The molecule has 1 saturated heterocycles. The number of hydrogen-bond donors (Lipinski definition) is 2. The van der Waals surface area contributed by atoms with Gasteiger partial charge in [0.1, 0.15) is 11.6 Å². The highest BCUT2D eigenvalue weighted by molar-refractivity contribution is 5.49. The highest BCUT2D eigenvalue weighted by Gasteiger charge is 2.35. The smallest absolute Gasteiger partial charge is 0.391 e. The van der Waals surface area contributed by atoms with Crippen LogP contribution in [0.2, 0.25) is 0 Å². The van der Waals surface area contributed by atoms with Gasteiger partial charge in [0.2, 0.25) is 5.82 Å². The van der Waals surface area contributed by atoms with Gasteiger partial charge in [-0.1, -0.05) is 19.9 Å². The van der Waals surface area contributed by atoms with E-state index in [1.54, 1.807) is 32.2 Å². The number of β-amino-alcohol motifs (C(OH)–C–C–N with tert-alkyl or cyclic N) is 1. The Hall–Kier alpha value is -2.42. The number of rotatable bonds is 5. The van der Waals surface area contributed by atoms with Gasteiger partial charge < -0.3 is 15.3 Å². The summed E-state index contributed by atoms with van der Waals surface area (Å²) in [6.07, 6.45) is -1.71. The average molecular weight is 395 g/mol. The predicted molar refractivity (Wildman–Crippen MR) is 100 cm³/mol. The fraction of sp³-hybridized carbons (Fsp3) is 0.526. The molecule has 1 atom stereocenters. The molecule has 0 unspecified atom stereocenters. The van der Waals surface area contributed by atoms with E-state index in [-0.39, 0.29) is 18.3 Å². The van der Waals surface area contributed by atoms with Gasteiger partial charge in [-0.05, 0) is 24.8 Å². The van der Waals surface area contributed by atoms with Crippen molar-refractivity contribution >= 4 is 11.6 Å². The molecule has 0 bridgehead atoms. The number of aromatic nitrogens is 3. The number of aliphatic hydroxyl groups is 1. The van der Waals surface area contributed by atoms with Crippen molar-refractivity contribution in [2.24, 2.45) is 0 Å². The summed E-state index contributed by atoms with van der Waals surface area (Å²) in [7, 11) is 0. The topological polar surface area (TPSA) is 74.2 Å². The number of alkyl halides is 3. The molecule has 6 nitrogen and oxygen atoms in total. The lowest BCUT2D eigenvalue weighted by molar-refractivity contribution is -0.145. The number of nitrogens with zero attached hydrogens (tertiary/aromatic N) is 4. The second kappa shape index (κ2) is 8.30. The van der Waals surface area contributed by atoms with Gasteiger partial charge >= 0.3 is 6.18 Å². The Morgan fingerprint density at radius 2 is 2.11 bits per heavy atom. The standard InChI is InChI=1S/C19H24F3N5O/c1-12(2)15-9-16(26-18(25-15)19(20,21)22)24-10-13-5-3-7-23-17(13)27-8-4-6-14(28)11-27/h3,5,7,9,12,14,28H,4,6,8,10-11H2,1-2H3,(H,24,25,26)/t14-/m0/s1. The molecule has 1 aliphatic heterocycles. The Morgan fingerprint density at radius 3 is 2.79 bits per heavy atom. The molecule has 3 rings (SSSR count). The number of anilines is 2. The minimum Gasteiger partial charge on any atom is -0.391 e. The molecule has 0 saturated carbocycles. The monoisotopic (exact) mass is 395 g/mol. The average Bonchev–Trinajstić information content (AvgIpc) is 2.65. The first-order valence-electron chi connectivity index (χ1n) is 9.31. The van der Waals surface area contributed by atoms with Crippen LogP contribution in [0.1, 0.15) is 49.7 Å². The second-order valence-electron chi connectivity index (χ2n) is 7.24. The molecule has 0 aliphatic carbocycles. The van der Waals surface area contributed by atoms with Gasteiger partial charge in [0.25, 0.3) is 0 Å². The Balaban J connectivity index is 1.82. The van der Waals surface area contributed by atoms with Crippen molar-refractivity contribution in [1.82, 2.24) is 15.0 Å². The van der Waals surface area contributed by atoms with Crippen molar-refractivity contribution in [2.75, 3.05) is 23.3 Å². The van der Waals surface area contributed by atoms with Crippen LogP contribution >= 0.6 is 0 Å². The first-order valence-corrected chi connectivity index (χ1v) is 9.31. The van der Waals surface area contributed by atoms with Crippen LogP contribution < -0.4 is 10.2 Å². The normalized spacial score (nSPS) is 17.8. The van der Waals surface area contributed by atoms with E-state index in [0.717, 1.165) is 30.8 Å². The number of nitrogens with one attached hydrogen (secondary N) is 1. The maximum absolute atomic E-state index is 13.1. The molecular formula is C19H24F3N5O. The number of pyridine rings is 1. The van der Waals surface area contributed by atoms with E-state index < -0.39 is 18.1 Å². The van der Waals surface area contributed by atoms with Gasteiger partial charge in [0.05, 0.1) is 6.10 Å². The van der Waals surface area contributed by atoms with E-state index in [0.29, 0.717) is 12.2 Å². The van der Waals surface area contributed by atoms with E-state index in [9.17, 15) is 18.3 Å². The Labute approximate surface area is 161 Å². The van der Waals surface area contributed by atoms with Crippen molar-refractivity contribution < 1.29 is 18.3 Å². The first-order chi connectivity index (χ1) is 13.2. The molecule has 0 aromatic carbocycles. The lowest BCUT2D eigenvalue weighted by Gasteiger charge is -2.32. The van der Waals surface area contributed by atoms with Gasteiger partial charge in [0.15, 0.2) is 0 Å². The van der Waals surface area contributed by atoms with Crippen LogP contribution in [0.4, 0.5) is 24.8 Å². The predicted octanol–water partition coefficient (Wildman–Crippen LogP) is 3.59. The highest BCUT2D eigenvalue weighted by atomic mass is 19.4. The third kappa shape index (κ3) is 4.89. The Bertz CT molecular complexity index is 812. The molecule has 2 aromatic heterocycles. The van der Waals surface area contributed by atoms with Gasteiger partial charge in [0, 0.05) is 43.2 Å². The maximum Gasteiger partial charge on any atom is 0.451 e. The summed E-state index contributed by atoms with van der Waals surface area (Å²) in [6.45, 7) is 5.11. The zero-order valence-corrected chi connectivity index (χ0v) is 15.9. The zero-order valence-electron chi connectivity index (χ0n) is 15.9. The molecule has 28 heavy (non-hydrogen) atoms. The molecule has 0 radical (unpaired) electrons. The third-order valence-corrected chi connectivity index (χ3v) is 4.61. The maximum atomic E-state index is 13.1.